The molecule has 4 heterocycles. The predicted molar refractivity (Wildman–Crippen MR) is 149 cm³/mol. The third-order valence-electron chi connectivity index (χ3n) is 8.87. The summed E-state index contributed by atoms with van der Waals surface area (Å²) in [5.41, 5.74) is 1.32. The fourth-order valence-corrected chi connectivity index (χ4v) is 7.39. The van der Waals surface area contributed by atoms with E-state index >= 15 is 8.78 Å². The largest absolute Gasteiger partial charge is 0.481 e. The summed E-state index contributed by atoms with van der Waals surface area (Å²) in [5, 5.41) is 14.8. The summed E-state index contributed by atoms with van der Waals surface area (Å²) in [5.74, 6) is -5.14. The Bertz CT molecular complexity index is 1440. The van der Waals surface area contributed by atoms with Crippen LogP contribution in [0.15, 0.2) is 46.0 Å². The van der Waals surface area contributed by atoms with Gasteiger partial charge >= 0.3 is 11.9 Å². The number of fused-ring (bicyclic) bond motifs is 1. The highest BCUT2D eigenvalue weighted by atomic mass is 32.1. The van der Waals surface area contributed by atoms with Gasteiger partial charge in [0.2, 0.25) is 0 Å². The summed E-state index contributed by atoms with van der Waals surface area (Å²) in [6, 6.07) is 1.94. The summed E-state index contributed by atoms with van der Waals surface area (Å²) >= 11 is 1.33. The van der Waals surface area contributed by atoms with Gasteiger partial charge < -0.3 is 15.2 Å². The average molecular weight is 604 g/mol. The second-order valence-corrected chi connectivity index (χ2v) is 12.2. The molecule has 3 unspecified atom stereocenters. The van der Waals surface area contributed by atoms with Gasteiger partial charge in [-0.25, -0.2) is 22.9 Å². The predicted octanol–water partition coefficient (Wildman–Crippen LogP) is 3.76. The molecule has 0 amide bonds. The van der Waals surface area contributed by atoms with Crippen LogP contribution in [-0.2, 0) is 14.3 Å². The number of thiazole rings is 1. The Morgan fingerprint density at radius 3 is 2.76 bits per heavy atom. The summed E-state index contributed by atoms with van der Waals surface area (Å²) in [4.78, 5) is 37.4. The lowest BCUT2D eigenvalue weighted by molar-refractivity contribution is -0.148. The van der Waals surface area contributed by atoms with Gasteiger partial charge in [0.25, 0.3) is 5.92 Å². The van der Waals surface area contributed by atoms with Crippen LogP contribution < -0.4 is 5.32 Å². The molecule has 0 spiro atoms. The zero-order valence-corrected chi connectivity index (χ0v) is 24.0. The number of nitrogens with one attached hydrogen (secondary N) is 1. The smallest absolute Gasteiger partial charge is 0.338 e. The molecule has 0 bridgehead atoms. The molecule has 224 valence electrons. The van der Waals surface area contributed by atoms with Gasteiger partial charge in [0.05, 0.1) is 30.7 Å². The molecule has 13 heteroatoms. The van der Waals surface area contributed by atoms with E-state index in [0.29, 0.717) is 53.5 Å². The molecular formula is C29H32F3N5O4S. The van der Waals surface area contributed by atoms with Crippen molar-refractivity contribution in [3.05, 3.63) is 63.0 Å². The van der Waals surface area contributed by atoms with Crippen LogP contribution >= 0.6 is 11.3 Å². The van der Waals surface area contributed by atoms with Gasteiger partial charge in [0.1, 0.15) is 11.9 Å². The first-order valence-electron chi connectivity index (χ1n) is 14.1. The molecule has 1 aromatic heterocycles. The summed E-state index contributed by atoms with van der Waals surface area (Å²) in [6.45, 7) is 3.32. The number of esters is 1. The number of rotatable bonds is 8. The van der Waals surface area contributed by atoms with Crippen molar-refractivity contribution >= 4 is 29.1 Å². The van der Waals surface area contributed by atoms with E-state index in [1.165, 1.54) is 17.4 Å². The third kappa shape index (κ3) is 5.01. The lowest BCUT2D eigenvalue weighted by atomic mass is 9.79. The fraction of sp³-hybridized carbons (Fsp3) is 0.517. The van der Waals surface area contributed by atoms with Crippen LogP contribution in [0.3, 0.4) is 0 Å². The van der Waals surface area contributed by atoms with E-state index in [1.54, 1.807) is 47.4 Å². The molecule has 2 saturated heterocycles. The maximum atomic E-state index is 15.6. The zero-order valence-electron chi connectivity index (χ0n) is 23.2. The SMILES string of the molecule is CCOC(=O)C1=C(CN2CC(F)(F)C3C2CCN3C2CC(C(=O)O)C2)NC(c2nccs2)=NC1c1cccc(F)c1C. The fourth-order valence-electron chi connectivity index (χ4n) is 6.80. The molecule has 3 aliphatic heterocycles. The lowest BCUT2D eigenvalue weighted by Crippen LogP contribution is -2.54. The number of benzene rings is 1. The van der Waals surface area contributed by atoms with Crippen LogP contribution in [0.25, 0.3) is 0 Å². The van der Waals surface area contributed by atoms with E-state index in [9.17, 15) is 19.1 Å². The van der Waals surface area contributed by atoms with E-state index < -0.39 is 54.3 Å². The van der Waals surface area contributed by atoms with E-state index in [4.69, 9.17) is 9.73 Å². The van der Waals surface area contributed by atoms with Crippen LogP contribution in [0.1, 0.15) is 48.4 Å². The van der Waals surface area contributed by atoms with Crippen LogP contribution in [-0.4, -0.2) is 88.0 Å². The van der Waals surface area contributed by atoms with Gasteiger partial charge in [0.15, 0.2) is 10.8 Å². The number of amidine groups is 1. The molecule has 1 aliphatic carbocycles. The molecule has 4 aliphatic rings. The molecular weight excluding hydrogens is 571 g/mol. The number of carboxylic acids is 1. The number of aliphatic carboxylic acids is 1. The molecule has 0 radical (unpaired) electrons. The Labute approximate surface area is 245 Å². The Balaban J connectivity index is 1.36. The minimum atomic E-state index is -3.03. The van der Waals surface area contributed by atoms with E-state index in [2.05, 4.69) is 10.3 Å². The number of nitrogens with zero attached hydrogens (tertiary/aromatic N) is 4. The van der Waals surface area contributed by atoms with Crippen molar-refractivity contribution in [1.29, 1.82) is 0 Å². The highest BCUT2D eigenvalue weighted by Gasteiger charge is 2.61. The first kappa shape index (κ1) is 28.8. The van der Waals surface area contributed by atoms with Gasteiger partial charge in [-0.3, -0.25) is 19.6 Å². The molecule has 3 fully saturated rings. The first-order chi connectivity index (χ1) is 20.1. The average Bonchev–Trinajstić information content (AvgIpc) is 3.64. The minimum Gasteiger partial charge on any atom is -0.481 e. The molecule has 6 rings (SSSR count). The highest BCUT2D eigenvalue weighted by Crippen LogP contribution is 2.47. The Hall–Kier alpha value is -3.29. The number of hydrogen-bond acceptors (Lipinski definition) is 9. The molecule has 9 nitrogen and oxygen atoms in total. The van der Waals surface area contributed by atoms with E-state index in [0.717, 1.165) is 0 Å². The topological polar surface area (TPSA) is 107 Å². The standard InChI is InChI=1S/C29H32F3N5O4S/c1-3-41-28(40)22-20(34-25(26-33-8-10-42-26)35-23(22)18-5-4-6-19(30)15(18)2)13-36-14-29(31,32)24-21(36)7-9-37(24)17-11-16(12-17)27(38)39/h4-6,8,10,16-17,21,23-24H,3,7,9,11-14H2,1-2H3,(H,34,35)(H,38,39). The van der Waals surface area contributed by atoms with Crippen LogP contribution in [0, 0.1) is 18.7 Å². The number of hydrogen-bond donors (Lipinski definition) is 2. The molecule has 3 atom stereocenters. The van der Waals surface area contributed by atoms with Gasteiger partial charge in [-0.1, -0.05) is 12.1 Å². The van der Waals surface area contributed by atoms with Crippen molar-refractivity contribution < 1.29 is 32.6 Å². The van der Waals surface area contributed by atoms with Crippen molar-refractivity contribution in [2.24, 2.45) is 10.9 Å². The summed E-state index contributed by atoms with van der Waals surface area (Å²) in [6.07, 6.45) is 2.86. The van der Waals surface area contributed by atoms with Crippen LogP contribution in [0.2, 0.25) is 0 Å². The van der Waals surface area contributed by atoms with Crippen LogP contribution in [0.5, 0.6) is 0 Å². The number of carboxylic acid groups (broad SMARTS) is 1. The van der Waals surface area contributed by atoms with Crippen molar-refractivity contribution in [3.63, 3.8) is 0 Å². The quantitative estimate of drug-likeness (QED) is 0.440. The molecule has 2 N–H and O–H groups in total. The Morgan fingerprint density at radius 2 is 2.07 bits per heavy atom. The second kappa shape index (κ2) is 11.1. The molecule has 1 saturated carbocycles. The normalized spacial score (nSPS) is 29.1. The van der Waals surface area contributed by atoms with Crippen molar-refractivity contribution in [2.45, 2.75) is 63.2 Å². The third-order valence-corrected chi connectivity index (χ3v) is 9.65. The number of aromatic nitrogens is 1. The monoisotopic (exact) mass is 603 g/mol. The van der Waals surface area contributed by atoms with Gasteiger partial charge in [-0.05, 0) is 50.3 Å². The Morgan fingerprint density at radius 1 is 1.29 bits per heavy atom. The second-order valence-electron chi connectivity index (χ2n) is 11.3. The van der Waals surface area contributed by atoms with E-state index in [-0.39, 0.29) is 24.8 Å². The van der Waals surface area contributed by atoms with Crippen molar-refractivity contribution in [2.75, 3.05) is 26.2 Å². The van der Waals surface area contributed by atoms with E-state index in [1.807, 2.05) is 0 Å². The molecule has 2 aromatic rings. The van der Waals surface area contributed by atoms with Gasteiger partial charge in [-0.15, -0.1) is 11.3 Å². The molecule has 42 heavy (non-hydrogen) atoms. The van der Waals surface area contributed by atoms with Crippen molar-refractivity contribution in [1.82, 2.24) is 20.1 Å². The zero-order chi connectivity index (χ0) is 29.8. The number of carbonyl (C=O) groups is 2. The Kier molecular flexibility index (Phi) is 7.60. The first-order valence-corrected chi connectivity index (χ1v) is 15.0. The highest BCUT2D eigenvalue weighted by molar-refractivity contribution is 7.11. The summed E-state index contributed by atoms with van der Waals surface area (Å²) in [7, 11) is 0. The van der Waals surface area contributed by atoms with Crippen LogP contribution in [0.4, 0.5) is 13.2 Å². The lowest BCUT2D eigenvalue weighted by Gasteiger charge is -2.43. The number of aliphatic imine (C=N–C) groups is 1. The number of halogens is 3. The van der Waals surface area contributed by atoms with Gasteiger partial charge in [0, 0.05) is 42.4 Å². The number of carbonyl (C=O) groups excluding carboxylic acids is 1. The minimum absolute atomic E-state index is 0.00355. The number of ether oxygens (including phenoxy) is 1. The number of likely N-dealkylation sites (tertiary alicyclic amines) is 2. The number of alkyl halides is 2. The van der Waals surface area contributed by atoms with Crippen molar-refractivity contribution in [3.8, 4) is 0 Å². The molecule has 1 aromatic carbocycles. The maximum Gasteiger partial charge on any atom is 0.338 e. The maximum absolute atomic E-state index is 15.6. The summed E-state index contributed by atoms with van der Waals surface area (Å²) < 4.78 is 51.4. The van der Waals surface area contributed by atoms with Gasteiger partial charge in [-0.2, -0.15) is 0 Å².